The molecular weight excluding hydrogens is 1270 g/mol. The molecule has 6 aliphatic heterocycles. The lowest BCUT2D eigenvalue weighted by molar-refractivity contribution is -0.198. The fourth-order valence-corrected chi connectivity index (χ4v) is 21.2. The summed E-state index contributed by atoms with van der Waals surface area (Å²) in [7, 11) is 3.84. The third-order valence-electron chi connectivity index (χ3n) is 26.2. The number of hydrogen-bond acceptors (Lipinski definition) is 21. The van der Waals surface area contributed by atoms with Gasteiger partial charge < -0.3 is 75.0 Å². The highest BCUT2D eigenvalue weighted by molar-refractivity contribution is 5.92. The van der Waals surface area contributed by atoms with E-state index in [1.165, 1.54) is 72.0 Å². The average Bonchev–Trinajstić information content (AvgIpc) is 1.61. The predicted molar refractivity (Wildman–Crippen MR) is 354 cm³/mol. The van der Waals surface area contributed by atoms with Crippen molar-refractivity contribution in [3.63, 3.8) is 0 Å². The number of nitrogens with zero attached hydrogens (tertiary/aromatic N) is 3. The minimum absolute atomic E-state index is 0.00403. The summed E-state index contributed by atoms with van der Waals surface area (Å²) in [5, 5.41) is 76.9. The molecule has 18 rings (SSSR count). The van der Waals surface area contributed by atoms with Crippen molar-refractivity contribution in [1.82, 2.24) is 30.7 Å². The van der Waals surface area contributed by atoms with E-state index in [1.807, 2.05) is 18.2 Å². The number of ether oxygens (including phenoxy) is 6. The first kappa shape index (κ1) is 66.1. The summed E-state index contributed by atoms with van der Waals surface area (Å²) in [6.07, 6.45) is 17.2. The van der Waals surface area contributed by atoms with Crippen LogP contribution in [0.3, 0.4) is 0 Å². The number of esters is 3. The molecule has 3 amide bonds. The number of amides is 3. The number of carbonyl (C=O) groups excluding carboxylic acids is 6. The average molecular weight is 1370 g/mol. The van der Waals surface area contributed by atoms with Crippen molar-refractivity contribution in [2.24, 2.45) is 23.7 Å². The van der Waals surface area contributed by atoms with Crippen molar-refractivity contribution < 1.29 is 87.8 Å². The zero-order chi connectivity index (χ0) is 68.9. The number of carbonyl (C=O) groups is 6. The van der Waals surface area contributed by atoms with Gasteiger partial charge in [-0.25, -0.2) is 0 Å². The summed E-state index contributed by atoms with van der Waals surface area (Å²) in [6.45, 7) is 5.12. The van der Waals surface area contributed by atoms with Gasteiger partial charge in [-0.3, -0.25) is 43.5 Å². The molecule has 9 fully saturated rings. The van der Waals surface area contributed by atoms with Crippen molar-refractivity contribution >= 4 is 35.6 Å². The number of aliphatic hydroxyl groups is 3. The van der Waals surface area contributed by atoms with E-state index >= 15 is 0 Å². The van der Waals surface area contributed by atoms with E-state index in [0.717, 1.165) is 127 Å². The number of benzene rings is 3. The number of aromatic hydroxyl groups is 3. The van der Waals surface area contributed by atoms with Crippen LogP contribution in [0.1, 0.15) is 136 Å². The molecule has 99 heavy (non-hydrogen) atoms. The van der Waals surface area contributed by atoms with Gasteiger partial charge in [0.15, 0.2) is 34.5 Å². The zero-order valence-corrected chi connectivity index (χ0v) is 56.6. The summed E-state index contributed by atoms with van der Waals surface area (Å²) >= 11 is 0. The van der Waals surface area contributed by atoms with Crippen LogP contribution in [-0.4, -0.2) is 214 Å². The second-order valence-electron chi connectivity index (χ2n) is 31.2. The Morgan fingerprint density at radius 3 is 1.24 bits per heavy atom. The van der Waals surface area contributed by atoms with E-state index in [2.05, 4.69) is 44.9 Å². The van der Waals surface area contributed by atoms with Crippen molar-refractivity contribution in [1.29, 1.82) is 0 Å². The molecule has 0 aromatic heterocycles. The van der Waals surface area contributed by atoms with E-state index in [4.69, 9.17) is 14.2 Å². The van der Waals surface area contributed by atoms with Crippen molar-refractivity contribution in [3.05, 3.63) is 93.1 Å². The van der Waals surface area contributed by atoms with Crippen molar-refractivity contribution in [3.8, 4) is 34.5 Å². The number of hydrogen-bond donors (Lipinski definition) is 9. The van der Waals surface area contributed by atoms with Gasteiger partial charge in [0, 0.05) is 78.9 Å². The summed E-state index contributed by atoms with van der Waals surface area (Å²) < 4.78 is 33.1. The molecule has 4 unspecified atom stereocenters. The molecule has 9 N–H and O–H groups in total. The Hall–Kier alpha value is -7.48. The first-order chi connectivity index (χ1) is 47.6. The molecule has 24 heteroatoms. The molecule has 24 nitrogen and oxygen atoms in total. The number of likely N-dealkylation sites (tertiary alicyclic amines) is 3. The van der Waals surface area contributed by atoms with Gasteiger partial charge in [-0.15, -0.1) is 0 Å². The lowest BCUT2D eigenvalue weighted by Gasteiger charge is -2.64. The molecule has 15 aliphatic rings. The molecule has 6 bridgehead atoms. The molecule has 0 radical (unpaired) electrons. The fourth-order valence-electron chi connectivity index (χ4n) is 21.2. The summed E-state index contributed by atoms with van der Waals surface area (Å²) in [5.74, 6) is 1.21. The minimum atomic E-state index is -0.989. The van der Waals surface area contributed by atoms with Gasteiger partial charge in [0.1, 0.15) is 37.9 Å². The number of phenols is 3. The van der Waals surface area contributed by atoms with Gasteiger partial charge in [0.2, 0.25) is 17.7 Å². The second-order valence-corrected chi connectivity index (χ2v) is 31.2. The van der Waals surface area contributed by atoms with Crippen LogP contribution in [0.5, 0.6) is 34.5 Å². The topological polar surface area (TPSA) is 325 Å². The molecule has 3 spiro atoms. The normalized spacial score (nSPS) is 35.4. The molecule has 13 atom stereocenters. The maximum absolute atomic E-state index is 12.7. The molecular formula is C75H92N6O18. The van der Waals surface area contributed by atoms with Gasteiger partial charge in [-0.2, -0.15) is 0 Å². The highest BCUT2D eigenvalue weighted by atomic mass is 16.5. The second kappa shape index (κ2) is 24.4. The highest BCUT2D eigenvalue weighted by Gasteiger charge is 2.76. The number of methoxy groups -OCH3 is 3. The number of nitrogens with one attached hydrogen (secondary N) is 3. The van der Waals surface area contributed by atoms with Gasteiger partial charge >= 0.3 is 17.9 Å². The van der Waals surface area contributed by atoms with Gasteiger partial charge in [-0.1, -0.05) is 18.2 Å². The Kier molecular flexibility index (Phi) is 16.3. The van der Waals surface area contributed by atoms with E-state index in [9.17, 15) is 59.4 Å². The Balaban J connectivity index is 0.000000116. The maximum Gasteiger partial charge on any atom is 0.325 e. The lowest BCUT2D eigenvalue weighted by Crippen LogP contribution is -2.76. The van der Waals surface area contributed by atoms with Crippen LogP contribution in [0.15, 0.2) is 59.7 Å². The molecule has 6 saturated carbocycles. The van der Waals surface area contributed by atoms with E-state index in [-0.39, 0.29) is 91.2 Å². The number of rotatable bonds is 16. The van der Waals surface area contributed by atoms with Crippen LogP contribution >= 0.6 is 0 Å². The summed E-state index contributed by atoms with van der Waals surface area (Å²) in [5.41, 5.74) is 2.88. The van der Waals surface area contributed by atoms with Crippen molar-refractivity contribution in [2.75, 3.05) is 80.2 Å². The lowest BCUT2D eigenvalue weighted by atomic mass is 9.47. The van der Waals surface area contributed by atoms with Gasteiger partial charge in [0.05, 0.1) is 54.4 Å². The Labute approximate surface area is 574 Å². The fraction of sp³-hybridized carbons (Fsp3) is 0.627. The van der Waals surface area contributed by atoms with E-state index < -0.39 is 63.2 Å². The van der Waals surface area contributed by atoms with Gasteiger partial charge in [-0.05, 0) is 199 Å². The van der Waals surface area contributed by atoms with Crippen LogP contribution in [0.4, 0.5) is 0 Å². The number of piperidine rings is 3. The minimum Gasteiger partial charge on any atom is -0.504 e. The van der Waals surface area contributed by atoms with Crippen molar-refractivity contribution in [2.45, 2.75) is 191 Å². The van der Waals surface area contributed by atoms with Crippen LogP contribution in [0.2, 0.25) is 0 Å². The molecule has 9 aliphatic carbocycles. The molecule has 3 saturated heterocycles. The Morgan fingerprint density at radius 2 is 0.848 bits per heavy atom. The predicted octanol–water partition coefficient (Wildman–Crippen LogP) is 3.60. The SMILES string of the molecule is COC(=O)CNC(=O)/C=C1/CC[C@@]2(O)[C@H]3Cc4ccc(O)c5c4[C@@]2(CCN3CC2CC2)C1O5.COC(=O)CNC(=O)/C=C1\CC[C@@]2(O)[C@H]3Cc4ccc(O)c5c4[C@@]2(CCN3CC2CC2)C1O5.COC(=O)CNC(=O)CC1CC[C@@]2(O)[C@H]3Cc4ccc(O)c5c4[C@@]2(CCN3CC2CC2)C1O5. The molecule has 530 valence electrons. The quantitative estimate of drug-likeness (QED) is 0.0562. The Bertz CT molecular complexity index is 3760. The number of phenolic OH excluding ortho intramolecular Hbond substituents is 3. The molecule has 3 aromatic rings. The first-order valence-corrected chi connectivity index (χ1v) is 36.0. The van der Waals surface area contributed by atoms with Crippen LogP contribution in [0, 0.1) is 23.7 Å². The summed E-state index contributed by atoms with van der Waals surface area (Å²) in [4.78, 5) is 79.5. The van der Waals surface area contributed by atoms with E-state index in [0.29, 0.717) is 68.6 Å². The third kappa shape index (κ3) is 10.3. The van der Waals surface area contributed by atoms with Gasteiger partial charge in [0.25, 0.3) is 0 Å². The monoisotopic (exact) mass is 1360 g/mol. The highest BCUT2D eigenvalue weighted by Crippen LogP contribution is 2.70. The van der Waals surface area contributed by atoms with Crippen LogP contribution < -0.4 is 30.2 Å². The largest absolute Gasteiger partial charge is 0.504 e. The third-order valence-corrected chi connectivity index (χ3v) is 26.2. The van der Waals surface area contributed by atoms with Crippen LogP contribution in [0.25, 0.3) is 0 Å². The maximum atomic E-state index is 12.7. The zero-order valence-electron chi connectivity index (χ0n) is 56.6. The molecule has 3 aromatic carbocycles. The standard InChI is InChI=1S/C25H32N2O6.2C25H30N2O6/c3*1-32-20(30)12-26-19(29)11-16-6-7-25(31)18-10-15-4-5-17(28)22-21(15)24(25,23(16)33-22)8-9-27(18)13-14-2-3-14/h4-5,14,16,18,23,28,31H,2-3,6-13H2,1H3,(H,26,29);2*4-5,11,14,18,23,28,31H,2-3,6-10,12-13H2,1H3,(H,26,29)/b;16-11+;16-11-/t16?,18-,23?,24+,25-;2*18-,23?,24+,25-/m111/s1. The first-order valence-electron chi connectivity index (χ1n) is 36.0. The summed E-state index contributed by atoms with van der Waals surface area (Å²) in [6, 6.07) is 11.0. The molecule has 6 heterocycles. The van der Waals surface area contributed by atoms with E-state index in [1.54, 1.807) is 18.2 Å². The van der Waals surface area contributed by atoms with Crippen LogP contribution in [-0.2, 0) is 78.5 Å². The smallest absolute Gasteiger partial charge is 0.325 e. The Morgan fingerprint density at radius 1 is 0.485 bits per heavy atom.